The van der Waals surface area contributed by atoms with Gasteiger partial charge < -0.3 is 5.32 Å². The predicted octanol–water partition coefficient (Wildman–Crippen LogP) is 6.96. The summed E-state index contributed by atoms with van der Waals surface area (Å²) in [7, 11) is -8.51. The first kappa shape index (κ1) is 32.1. The second-order valence-electron chi connectivity index (χ2n) is 9.17. The van der Waals surface area contributed by atoms with Crippen LogP contribution in [0.4, 0.5) is 30.2 Å². The standard InChI is InChI=1S/C28H22Cl2F3N3O5S2/c1-18-2-9-22(10-3-18)36(43(40,41)24-11-4-19(29)5-12-24)17-27(37)34-20-6-13-23(14-7-20)42(38,39)35-21-8-15-26(30)25(16-21)28(31,32)33/h2-16,35H,17H2,1H3,(H,34,37). The van der Waals surface area contributed by atoms with Gasteiger partial charge in [-0.15, -0.1) is 0 Å². The molecule has 15 heteroatoms. The lowest BCUT2D eigenvalue weighted by molar-refractivity contribution is -0.137. The fraction of sp³-hybridized carbons (Fsp3) is 0.107. The number of hydrogen-bond donors (Lipinski definition) is 2. The molecule has 0 saturated heterocycles. The van der Waals surface area contributed by atoms with Crippen molar-refractivity contribution in [2.45, 2.75) is 22.9 Å². The number of amides is 1. The van der Waals surface area contributed by atoms with Crippen LogP contribution in [0.15, 0.2) is 101 Å². The summed E-state index contributed by atoms with van der Waals surface area (Å²) in [6, 6.07) is 19.3. The first-order valence-corrected chi connectivity index (χ1v) is 15.9. The van der Waals surface area contributed by atoms with Gasteiger partial charge in [-0.05, 0) is 85.8 Å². The Morgan fingerprint density at radius 3 is 1.93 bits per heavy atom. The Bertz CT molecular complexity index is 1850. The molecule has 0 aliphatic rings. The summed E-state index contributed by atoms with van der Waals surface area (Å²) in [6.07, 6.45) is -4.79. The number of halogens is 5. The minimum absolute atomic E-state index is 0.0876. The number of rotatable bonds is 9. The second kappa shape index (κ2) is 12.4. The van der Waals surface area contributed by atoms with Crippen molar-refractivity contribution in [1.29, 1.82) is 0 Å². The van der Waals surface area contributed by atoms with Crippen LogP contribution in [0.25, 0.3) is 0 Å². The molecule has 0 heterocycles. The van der Waals surface area contributed by atoms with E-state index in [1.165, 1.54) is 36.4 Å². The van der Waals surface area contributed by atoms with Crippen LogP contribution in [-0.4, -0.2) is 29.3 Å². The van der Waals surface area contributed by atoms with Crippen LogP contribution in [0.1, 0.15) is 11.1 Å². The Morgan fingerprint density at radius 2 is 1.35 bits per heavy atom. The van der Waals surface area contributed by atoms with Crippen LogP contribution < -0.4 is 14.3 Å². The number of aryl methyl sites for hydroxylation is 1. The molecule has 0 unspecified atom stereocenters. The number of hydrogen-bond acceptors (Lipinski definition) is 5. The molecule has 4 rings (SSSR count). The largest absolute Gasteiger partial charge is 0.417 e. The summed E-state index contributed by atoms with van der Waals surface area (Å²) in [5.74, 6) is -0.729. The third kappa shape index (κ3) is 7.79. The predicted molar refractivity (Wildman–Crippen MR) is 159 cm³/mol. The summed E-state index contributed by atoms with van der Waals surface area (Å²) >= 11 is 11.5. The minimum Gasteiger partial charge on any atom is -0.325 e. The van der Waals surface area contributed by atoms with Crippen molar-refractivity contribution < 1.29 is 34.8 Å². The molecule has 0 aromatic heterocycles. The van der Waals surface area contributed by atoms with E-state index < -0.39 is 49.3 Å². The van der Waals surface area contributed by atoms with Gasteiger partial charge in [0, 0.05) is 16.4 Å². The molecule has 0 aliphatic carbocycles. The number of sulfonamides is 2. The smallest absolute Gasteiger partial charge is 0.325 e. The van der Waals surface area contributed by atoms with Gasteiger partial charge in [-0.25, -0.2) is 16.8 Å². The lowest BCUT2D eigenvalue weighted by Crippen LogP contribution is -2.38. The van der Waals surface area contributed by atoms with Crippen molar-refractivity contribution >= 4 is 66.2 Å². The number of carbonyl (C=O) groups excluding carboxylic acids is 1. The molecular formula is C28H22Cl2F3N3O5S2. The van der Waals surface area contributed by atoms with Crippen molar-refractivity contribution in [3.8, 4) is 0 Å². The van der Waals surface area contributed by atoms with Gasteiger partial charge in [0.25, 0.3) is 20.0 Å². The van der Waals surface area contributed by atoms with Gasteiger partial charge in [-0.2, -0.15) is 13.2 Å². The molecule has 0 bridgehead atoms. The number of anilines is 3. The highest BCUT2D eigenvalue weighted by Crippen LogP contribution is 2.36. The van der Waals surface area contributed by atoms with Crippen LogP contribution in [-0.2, 0) is 31.0 Å². The molecule has 4 aromatic rings. The van der Waals surface area contributed by atoms with E-state index >= 15 is 0 Å². The average molecular weight is 673 g/mol. The lowest BCUT2D eigenvalue weighted by atomic mass is 10.2. The molecular weight excluding hydrogens is 650 g/mol. The van der Waals surface area contributed by atoms with E-state index in [1.54, 1.807) is 24.3 Å². The van der Waals surface area contributed by atoms with Crippen molar-refractivity contribution in [3.63, 3.8) is 0 Å². The SMILES string of the molecule is Cc1ccc(N(CC(=O)Nc2ccc(S(=O)(=O)Nc3ccc(Cl)c(C(F)(F)F)c3)cc2)S(=O)(=O)c2ccc(Cl)cc2)cc1. The maximum Gasteiger partial charge on any atom is 0.417 e. The van der Waals surface area contributed by atoms with E-state index in [-0.39, 0.29) is 26.9 Å². The van der Waals surface area contributed by atoms with Crippen molar-refractivity contribution in [3.05, 3.63) is 112 Å². The van der Waals surface area contributed by atoms with Gasteiger partial charge in [0.1, 0.15) is 6.54 Å². The van der Waals surface area contributed by atoms with Gasteiger partial charge >= 0.3 is 6.18 Å². The number of nitrogens with one attached hydrogen (secondary N) is 2. The summed E-state index contributed by atoms with van der Waals surface area (Å²) in [6.45, 7) is 1.21. The Balaban J connectivity index is 1.52. The van der Waals surface area contributed by atoms with E-state index in [2.05, 4.69) is 10.0 Å². The van der Waals surface area contributed by atoms with Gasteiger partial charge in [0.15, 0.2) is 0 Å². The molecule has 0 radical (unpaired) electrons. The number of nitrogens with zero attached hydrogens (tertiary/aromatic N) is 1. The highest BCUT2D eigenvalue weighted by molar-refractivity contribution is 7.93. The number of benzene rings is 4. The van der Waals surface area contributed by atoms with Crippen molar-refractivity contribution in [2.24, 2.45) is 0 Å². The Hall–Kier alpha value is -3.78. The molecule has 8 nitrogen and oxygen atoms in total. The maximum atomic E-state index is 13.5. The Labute approximate surface area is 256 Å². The van der Waals surface area contributed by atoms with E-state index in [9.17, 15) is 34.8 Å². The summed E-state index contributed by atoms with van der Waals surface area (Å²) < 4.78 is 95.0. The van der Waals surface area contributed by atoms with Crippen molar-refractivity contribution in [1.82, 2.24) is 0 Å². The Kier molecular flexibility index (Phi) is 9.30. The first-order valence-electron chi connectivity index (χ1n) is 12.2. The topological polar surface area (TPSA) is 113 Å². The fourth-order valence-electron chi connectivity index (χ4n) is 3.83. The average Bonchev–Trinajstić information content (AvgIpc) is 2.93. The van der Waals surface area contributed by atoms with Crippen LogP contribution in [0, 0.1) is 6.92 Å². The zero-order valence-corrected chi connectivity index (χ0v) is 25.2. The second-order valence-corrected chi connectivity index (χ2v) is 13.6. The van der Waals surface area contributed by atoms with Crippen LogP contribution in [0.2, 0.25) is 10.0 Å². The van der Waals surface area contributed by atoms with Crippen LogP contribution >= 0.6 is 23.2 Å². The highest BCUT2D eigenvalue weighted by Gasteiger charge is 2.34. The summed E-state index contributed by atoms with van der Waals surface area (Å²) in [5.41, 5.74) is -0.308. The first-order chi connectivity index (χ1) is 20.1. The molecule has 226 valence electrons. The molecule has 0 fully saturated rings. The van der Waals surface area contributed by atoms with Gasteiger partial charge in [-0.1, -0.05) is 40.9 Å². The fourth-order valence-corrected chi connectivity index (χ4v) is 6.65. The van der Waals surface area contributed by atoms with E-state index in [0.717, 1.165) is 34.1 Å². The molecule has 4 aromatic carbocycles. The van der Waals surface area contributed by atoms with Gasteiger partial charge in [0.05, 0.1) is 26.1 Å². The monoisotopic (exact) mass is 671 g/mol. The van der Waals surface area contributed by atoms with E-state index in [4.69, 9.17) is 23.2 Å². The summed E-state index contributed by atoms with van der Waals surface area (Å²) in [5, 5.41) is 2.27. The number of alkyl halides is 3. The zero-order chi connectivity index (χ0) is 31.6. The molecule has 0 spiro atoms. The third-order valence-corrected chi connectivity index (χ3v) is 9.75. The Morgan fingerprint density at radius 1 is 0.791 bits per heavy atom. The van der Waals surface area contributed by atoms with Gasteiger partial charge in [0.2, 0.25) is 5.91 Å². The van der Waals surface area contributed by atoms with Crippen LogP contribution in [0.5, 0.6) is 0 Å². The third-order valence-electron chi connectivity index (χ3n) is 5.98. The van der Waals surface area contributed by atoms with Crippen molar-refractivity contribution in [2.75, 3.05) is 20.9 Å². The normalized spacial score (nSPS) is 12.0. The molecule has 2 N–H and O–H groups in total. The molecule has 43 heavy (non-hydrogen) atoms. The van der Waals surface area contributed by atoms with E-state index in [1.807, 2.05) is 6.92 Å². The zero-order valence-electron chi connectivity index (χ0n) is 22.1. The molecule has 0 aliphatic heterocycles. The summed E-state index contributed by atoms with van der Waals surface area (Å²) in [4.78, 5) is 12.6. The van der Waals surface area contributed by atoms with Gasteiger partial charge in [-0.3, -0.25) is 13.8 Å². The molecule has 0 saturated carbocycles. The molecule has 1 amide bonds. The quantitative estimate of drug-likeness (QED) is 0.200. The maximum absolute atomic E-state index is 13.5. The van der Waals surface area contributed by atoms with E-state index in [0.29, 0.717) is 11.1 Å². The van der Waals surface area contributed by atoms with Crippen LogP contribution in [0.3, 0.4) is 0 Å². The lowest BCUT2D eigenvalue weighted by Gasteiger charge is -2.24. The number of carbonyl (C=O) groups is 1. The highest BCUT2D eigenvalue weighted by atomic mass is 35.5. The minimum atomic E-state index is -4.79. The molecule has 0 atom stereocenters.